The van der Waals surface area contributed by atoms with E-state index in [1.807, 2.05) is 0 Å². The standard InChI is InChI=1S/C16H25N/c1-15(2)8-10-16(11-9-15,12-13-17)14-6-4-3-5-7-14/h3-7H,8-13,17H2,1-2H3. The first-order valence-electron chi connectivity index (χ1n) is 6.84. The minimum Gasteiger partial charge on any atom is -0.330 e. The van der Waals surface area contributed by atoms with Gasteiger partial charge in [0, 0.05) is 0 Å². The molecule has 0 bridgehead atoms. The van der Waals surface area contributed by atoms with Gasteiger partial charge in [-0.2, -0.15) is 0 Å². The number of benzene rings is 1. The van der Waals surface area contributed by atoms with Crippen LogP contribution in [0.3, 0.4) is 0 Å². The van der Waals surface area contributed by atoms with Crippen molar-refractivity contribution in [1.82, 2.24) is 0 Å². The summed E-state index contributed by atoms with van der Waals surface area (Å²) in [5.74, 6) is 0. The van der Waals surface area contributed by atoms with Gasteiger partial charge in [-0.3, -0.25) is 0 Å². The summed E-state index contributed by atoms with van der Waals surface area (Å²) in [7, 11) is 0. The maximum absolute atomic E-state index is 5.85. The van der Waals surface area contributed by atoms with E-state index in [9.17, 15) is 0 Å². The van der Waals surface area contributed by atoms with Gasteiger partial charge in [-0.1, -0.05) is 44.2 Å². The zero-order valence-electron chi connectivity index (χ0n) is 11.2. The van der Waals surface area contributed by atoms with Crippen LogP contribution < -0.4 is 5.73 Å². The third kappa shape index (κ3) is 2.71. The number of hydrogen-bond acceptors (Lipinski definition) is 1. The predicted octanol–water partition coefficient (Wildman–Crippen LogP) is 3.87. The van der Waals surface area contributed by atoms with Gasteiger partial charge in [0.1, 0.15) is 0 Å². The van der Waals surface area contributed by atoms with Crippen LogP contribution in [0.5, 0.6) is 0 Å². The SMILES string of the molecule is CC1(C)CCC(CCN)(c2ccccc2)CC1. The molecule has 17 heavy (non-hydrogen) atoms. The van der Waals surface area contributed by atoms with Crippen LogP contribution in [-0.2, 0) is 5.41 Å². The second-order valence-electron chi connectivity index (χ2n) is 6.35. The van der Waals surface area contributed by atoms with Crippen molar-refractivity contribution in [3.63, 3.8) is 0 Å². The summed E-state index contributed by atoms with van der Waals surface area (Å²) in [6.45, 7) is 5.59. The van der Waals surface area contributed by atoms with Crippen LogP contribution in [0.2, 0.25) is 0 Å². The van der Waals surface area contributed by atoms with Gasteiger partial charge in [-0.15, -0.1) is 0 Å². The fourth-order valence-corrected chi connectivity index (χ4v) is 3.16. The van der Waals surface area contributed by atoms with E-state index in [0.717, 1.165) is 13.0 Å². The zero-order chi connectivity index (χ0) is 12.4. The lowest BCUT2D eigenvalue weighted by molar-refractivity contribution is 0.155. The van der Waals surface area contributed by atoms with Gasteiger partial charge in [0.05, 0.1) is 0 Å². The van der Waals surface area contributed by atoms with Crippen molar-refractivity contribution in [1.29, 1.82) is 0 Å². The number of nitrogens with two attached hydrogens (primary N) is 1. The second-order valence-corrected chi connectivity index (χ2v) is 6.35. The Kier molecular flexibility index (Phi) is 3.58. The van der Waals surface area contributed by atoms with Crippen molar-refractivity contribution in [2.24, 2.45) is 11.1 Å². The van der Waals surface area contributed by atoms with Crippen LogP contribution >= 0.6 is 0 Å². The molecule has 94 valence electrons. The Morgan fingerprint density at radius 3 is 2.12 bits per heavy atom. The highest BCUT2D eigenvalue weighted by Crippen LogP contribution is 2.48. The van der Waals surface area contributed by atoms with Gasteiger partial charge in [0.2, 0.25) is 0 Å². The molecule has 1 fully saturated rings. The molecule has 1 aromatic rings. The Morgan fingerprint density at radius 2 is 1.59 bits per heavy atom. The molecular weight excluding hydrogens is 206 g/mol. The Bertz CT molecular complexity index is 343. The third-order valence-corrected chi connectivity index (χ3v) is 4.57. The van der Waals surface area contributed by atoms with E-state index in [1.165, 1.54) is 31.2 Å². The molecule has 0 radical (unpaired) electrons. The molecule has 0 amide bonds. The summed E-state index contributed by atoms with van der Waals surface area (Å²) < 4.78 is 0. The normalized spacial score (nSPS) is 22.3. The summed E-state index contributed by atoms with van der Waals surface area (Å²) in [6.07, 6.45) is 6.36. The lowest BCUT2D eigenvalue weighted by atomic mass is 9.61. The predicted molar refractivity (Wildman–Crippen MR) is 74.0 cm³/mol. The first-order chi connectivity index (χ1) is 8.08. The van der Waals surface area contributed by atoms with Crippen LogP contribution in [0.25, 0.3) is 0 Å². The molecule has 2 N–H and O–H groups in total. The van der Waals surface area contributed by atoms with E-state index >= 15 is 0 Å². The minimum absolute atomic E-state index is 0.353. The lowest BCUT2D eigenvalue weighted by Gasteiger charge is -2.44. The Labute approximate surface area is 105 Å². The molecule has 0 saturated heterocycles. The molecule has 1 nitrogen and oxygen atoms in total. The van der Waals surface area contributed by atoms with Gasteiger partial charge in [0.15, 0.2) is 0 Å². The fourth-order valence-electron chi connectivity index (χ4n) is 3.16. The van der Waals surface area contributed by atoms with Gasteiger partial charge in [-0.05, 0) is 55.0 Å². The minimum atomic E-state index is 0.353. The molecule has 1 aliphatic carbocycles. The highest BCUT2D eigenvalue weighted by Gasteiger charge is 2.38. The largest absolute Gasteiger partial charge is 0.330 e. The molecule has 1 aliphatic rings. The van der Waals surface area contributed by atoms with Crippen LogP contribution in [0.15, 0.2) is 30.3 Å². The Morgan fingerprint density at radius 1 is 1.00 bits per heavy atom. The molecule has 0 spiro atoms. The highest BCUT2D eigenvalue weighted by molar-refractivity contribution is 5.26. The summed E-state index contributed by atoms with van der Waals surface area (Å²) in [4.78, 5) is 0. The molecule has 0 atom stereocenters. The Balaban J connectivity index is 2.23. The number of hydrogen-bond donors (Lipinski definition) is 1. The maximum Gasteiger partial charge on any atom is -0.00346 e. The van der Waals surface area contributed by atoms with E-state index < -0.39 is 0 Å². The van der Waals surface area contributed by atoms with Crippen LogP contribution in [0.4, 0.5) is 0 Å². The monoisotopic (exact) mass is 231 g/mol. The van der Waals surface area contributed by atoms with Crippen molar-refractivity contribution >= 4 is 0 Å². The van der Waals surface area contributed by atoms with Crippen LogP contribution in [0, 0.1) is 5.41 Å². The Hall–Kier alpha value is -0.820. The summed E-state index contributed by atoms with van der Waals surface area (Å²) in [5.41, 5.74) is 8.22. The topological polar surface area (TPSA) is 26.0 Å². The van der Waals surface area contributed by atoms with Gasteiger partial charge in [-0.25, -0.2) is 0 Å². The van der Waals surface area contributed by atoms with E-state index in [0.29, 0.717) is 10.8 Å². The molecule has 0 aromatic heterocycles. The second kappa shape index (κ2) is 4.81. The van der Waals surface area contributed by atoms with Crippen LogP contribution in [-0.4, -0.2) is 6.54 Å². The summed E-state index contributed by atoms with van der Waals surface area (Å²) in [6, 6.07) is 11.0. The fraction of sp³-hybridized carbons (Fsp3) is 0.625. The summed E-state index contributed by atoms with van der Waals surface area (Å²) >= 11 is 0. The van der Waals surface area contributed by atoms with Crippen molar-refractivity contribution in [2.75, 3.05) is 6.54 Å². The quantitative estimate of drug-likeness (QED) is 0.839. The molecule has 1 aromatic carbocycles. The number of rotatable bonds is 3. The zero-order valence-corrected chi connectivity index (χ0v) is 11.2. The van der Waals surface area contributed by atoms with E-state index in [2.05, 4.69) is 44.2 Å². The average Bonchev–Trinajstić information content (AvgIpc) is 2.34. The average molecular weight is 231 g/mol. The molecule has 0 heterocycles. The molecule has 0 aliphatic heterocycles. The molecule has 0 unspecified atom stereocenters. The van der Waals surface area contributed by atoms with E-state index in [1.54, 1.807) is 0 Å². The molecule has 2 rings (SSSR count). The van der Waals surface area contributed by atoms with Crippen molar-refractivity contribution in [2.45, 2.75) is 51.4 Å². The molecular formula is C16H25N. The summed E-state index contributed by atoms with van der Waals surface area (Å²) in [5, 5.41) is 0. The van der Waals surface area contributed by atoms with E-state index in [-0.39, 0.29) is 0 Å². The lowest BCUT2D eigenvalue weighted by Crippen LogP contribution is -2.36. The first kappa shape index (κ1) is 12.6. The van der Waals surface area contributed by atoms with Crippen molar-refractivity contribution in [3.05, 3.63) is 35.9 Å². The van der Waals surface area contributed by atoms with Gasteiger partial charge >= 0.3 is 0 Å². The molecule has 1 saturated carbocycles. The van der Waals surface area contributed by atoms with Crippen molar-refractivity contribution < 1.29 is 0 Å². The third-order valence-electron chi connectivity index (χ3n) is 4.57. The highest BCUT2D eigenvalue weighted by atomic mass is 14.6. The van der Waals surface area contributed by atoms with Crippen molar-refractivity contribution in [3.8, 4) is 0 Å². The van der Waals surface area contributed by atoms with Gasteiger partial charge < -0.3 is 5.73 Å². The smallest absolute Gasteiger partial charge is 0.00346 e. The van der Waals surface area contributed by atoms with Gasteiger partial charge in [0.25, 0.3) is 0 Å². The van der Waals surface area contributed by atoms with Crippen LogP contribution in [0.1, 0.15) is 51.5 Å². The first-order valence-corrected chi connectivity index (χ1v) is 6.84. The molecule has 1 heteroatoms. The maximum atomic E-state index is 5.85. The van der Waals surface area contributed by atoms with E-state index in [4.69, 9.17) is 5.73 Å².